The van der Waals surface area contributed by atoms with Crippen LogP contribution in [0.25, 0.3) is 0 Å². The highest BCUT2D eigenvalue weighted by molar-refractivity contribution is 8.00. The van der Waals surface area contributed by atoms with Gasteiger partial charge in [0.05, 0.1) is 16.5 Å². The van der Waals surface area contributed by atoms with Crippen LogP contribution in [-0.4, -0.2) is 23.2 Å². The Bertz CT molecular complexity index is 778. The minimum Gasteiger partial charge on any atom is -0.325 e. The number of Topliss-reactive ketones (excluding diaryl/α,β-unsaturated/α-hetero) is 1. The van der Waals surface area contributed by atoms with Crippen molar-refractivity contribution in [1.82, 2.24) is 0 Å². The third kappa shape index (κ3) is 5.26. The second-order valence-electron chi connectivity index (χ2n) is 5.39. The van der Waals surface area contributed by atoms with Crippen LogP contribution in [0.15, 0.2) is 36.4 Å². The zero-order valence-corrected chi connectivity index (χ0v) is 15.7. The van der Waals surface area contributed by atoms with E-state index in [0.717, 1.165) is 11.3 Å². The number of benzene rings is 2. The quantitative estimate of drug-likeness (QED) is 0.702. The molecule has 2 aromatic carbocycles. The molecule has 2 aromatic rings. The van der Waals surface area contributed by atoms with Gasteiger partial charge in [-0.15, -0.1) is 11.8 Å². The van der Waals surface area contributed by atoms with E-state index in [1.165, 1.54) is 23.4 Å². The van der Waals surface area contributed by atoms with Crippen molar-refractivity contribution >= 4 is 52.3 Å². The normalized spacial score (nSPS) is 10.5. The van der Waals surface area contributed by atoms with E-state index in [1.807, 2.05) is 32.0 Å². The molecule has 2 rings (SSSR count). The van der Waals surface area contributed by atoms with Gasteiger partial charge in [0, 0.05) is 16.3 Å². The zero-order chi connectivity index (χ0) is 17.7. The van der Waals surface area contributed by atoms with Gasteiger partial charge in [0.1, 0.15) is 0 Å². The van der Waals surface area contributed by atoms with Crippen molar-refractivity contribution in [1.29, 1.82) is 0 Å². The minimum absolute atomic E-state index is 0.124. The van der Waals surface area contributed by atoms with Crippen LogP contribution in [0.5, 0.6) is 0 Å². The van der Waals surface area contributed by atoms with Crippen molar-refractivity contribution in [2.75, 3.05) is 16.8 Å². The van der Waals surface area contributed by atoms with Crippen LogP contribution < -0.4 is 5.32 Å². The van der Waals surface area contributed by atoms with E-state index in [0.29, 0.717) is 15.6 Å². The predicted octanol–water partition coefficient (Wildman–Crippen LogP) is 5.16. The molecule has 0 aromatic heterocycles. The predicted molar refractivity (Wildman–Crippen MR) is 103 cm³/mol. The molecule has 0 aliphatic carbocycles. The van der Waals surface area contributed by atoms with Gasteiger partial charge in [-0.1, -0.05) is 29.3 Å². The molecule has 0 aliphatic heterocycles. The summed E-state index contributed by atoms with van der Waals surface area (Å²) in [6.07, 6.45) is 0. The van der Waals surface area contributed by atoms with Crippen molar-refractivity contribution < 1.29 is 9.59 Å². The van der Waals surface area contributed by atoms with Gasteiger partial charge in [0.25, 0.3) is 0 Å². The number of thioether (sulfide) groups is 1. The monoisotopic (exact) mass is 381 g/mol. The number of nitrogens with one attached hydrogen (secondary N) is 1. The highest BCUT2D eigenvalue weighted by Gasteiger charge is 2.12. The first-order valence-corrected chi connectivity index (χ1v) is 9.21. The molecule has 6 heteroatoms. The third-order valence-corrected chi connectivity index (χ3v) is 4.97. The molecule has 0 spiro atoms. The summed E-state index contributed by atoms with van der Waals surface area (Å²) in [4.78, 5) is 24.1. The van der Waals surface area contributed by atoms with Gasteiger partial charge in [-0.25, -0.2) is 0 Å². The van der Waals surface area contributed by atoms with Crippen LogP contribution >= 0.6 is 35.0 Å². The molecule has 1 N–H and O–H groups in total. The largest absolute Gasteiger partial charge is 0.325 e. The molecule has 0 radical (unpaired) electrons. The Balaban J connectivity index is 1.83. The van der Waals surface area contributed by atoms with E-state index in [4.69, 9.17) is 23.2 Å². The first-order valence-electron chi connectivity index (χ1n) is 7.30. The zero-order valence-electron chi connectivity index (χ0n) is 13.4. The van der Waals surface area contributed by atoms with Crippen molar-refractivity contribution in [3.05, 3.63) is 63.1 Å². The molecular weight excluding hydrogens is 365 g/mol. The average molecular weight is 382 g/mol. The number of carbonyl (C=O) groups excluding carboxylic acids is 2. The smallest absolute Gasteiger partial charge is 0.234 e. The molecule has 0 saturated heterocycles. The van der Waals surface area contributed by atoms with Crippen LogP contribution in [0, 0.1) is 13.8 Å². The molecule has 0 heterocycles. The topological polar surface area (TPSA) is 46.2 Å². The Morgan fingerprint density at radius 3 is 2.42 bits per heavy atom. The van der Waals surface area contributed by atoms with Crippen molar-refractivity contribution in [3.63, 3.8) is 0 Å². The highest BCUT2D eigenvalue weighted by atomic mass is 35.5. The molecule has 24 heavy (non-hydrogen) atoms. The number of hydrogen-bond acceptors (Lipinski definition) is 3. The van der Waals surface area contributed by atoms with Crippen LogP contribution in [0.2, 0.25) is 10.0 Å². The van der Waals surface area contributed by atoms with Gasteiger partial charge < -0.3 is 5.32 Å². The summed E-state index contributed by atoms with van der Waals surface area (Å²) in [7, 11) is 0. The number of hydrogen-bond donors (Lipinski definition) is 1. The molecule has 0 fully saturated rings. The molecule has 0 atom stereocenters. The number of rotatable bonds is 6. The number of anilines is 1. The Kier molecular flexibility index (Phi) is 6.72. The van der Waals surface area contributed by atoms with Crippen LogP contribution in [0.3, 0.4) is 0 Å². The second-order valence-corrected chi connectivity index (χ2v) is 7.22. The van der Waals surface area contributed by atoms with Gasteiger partial charge in [-0.3, -0.25) is 9.59 Å². The average Bonchev–Trinajstić information content (AvgIpc) is 2.50. The SMILES string of the molecule is Cc1ccc(NC(=O)CSCC(=O)c2ccc(Cl)cc2Cl)cc1C. The summed E-state index contributed by atoms with van der Waals surface area (Å²) < 4.78 is 0. The maximum absolute atomic E-state index is 12.1. The van der Waals surface area contributed by atoms with Gasteiger partial charge in [-0.2, -0.15) is 0 Å². The Hall–Kier alpha value is -1.49. The van der Waals surface area contributed by atoms with E-state index in [-0.39, 0.29) is 23.2 Å². The lowest BCUT2D eigenvalue weighted by Crippen LogP contribution is -2.15. The molecule has 3 nitrogen and oxygen atoms in total. The fourth-order valence-electron chi connectivity index (χ4n) is 2.05. The molecule has 0 unspecified atom stereocenters. The molecule has 1 amide bonds. The maximum atomic E-state index is 12.1. The number of halogens is 2. The van der Waals surface area contributed by atoms with Crippen LogP contribution in [0.4, 0.5) is 5.69 Å². The minimum atomic E-state index is -0.141. The highest BCUT2D eigenvalue weighted by Crippen LogP contribution is 2.22. The summed E-state index contributed by atoms with van der Waals surface area (Å²) in [5, 5.41) is 3.64. The lowest BCUT2D eigenvalue weighted by atomic mass is 10.1. The molecule has 0 saturated carbocycles. The molecule has 0 bridgehead atoms. The first kappa shape index (κ1) is 18.8. The second kappa shape index (κ2) is 8.56. The van der Waals surface area contributed by atoms with Crippen LogP contribution in [0.1, 0.15) is 21.5 Å². The van der Waals surface area contributed by atoms with E-state index < -0.39 is 0 Å². The van der Waals surface area contributed by atoms with Crippen LogP contribution in [-0.2, 0) is 4.79 Å². The van der Waals surface area contributed by atoms with E-state index in [1.54, 1.807) is 12.1 Å². The maximum Gasteiger partial charge on any atom is 0.234 e. The van der Waals surface area contributed by atoms with Crippen molar-refractivity contribution in [2.24, 2.45) is 0 Å². The fourth-order valence-corrected chi connectivity index (χ4v) is 3.26. The first-order chi connectivity index (χ1) is 11.4. The standard InChI is InChI=1S/C18H17Cl2NO2S/c1-11-3-5-14(7-12(11)2)21-18(23)10-24-9-17(22)15-6-4-13(19)8-16(15)20/h3-8H,9-10H2,1-2H3,(H,21,23). The summed E-state index contributed by atoms with van der Waals surface area (Å²) in [6.45, 7) is 4.01. The van der Waals surface area contributed by atoms with Gasteiger partial charge in [-0.05, 0) is 55.3 Å². The third-order valence-electron chi connectivity index (χ3n) is 3.49. The summed E-state index contributed by atoms with van der Waals surface area (Å²) >= 11 is 13.1. The van der Waals surface area contributed by atoms with E-state index in [9.17, 15) is 9.59 Å². The van der Waals surface area contributed by atoms with Gasteiger partial charge >= 0.3 is 0 Å². The number of aryl methyl sites for hydroxylation is 2. The number of ketones is 1. The molecule has 0 aliphatic rings. The van der Waals surface area contributed by atoms with Gasteiger partial charge in [0.2, 0.25) is 5.91 Å². The molecular formula is C18H17Cl2NO2S. The fraction of sp³-hybridized carbons (Fsp3) is 0.222. The summed E-state index contributed by atoms with van der Waals surface area (Å²) in [5.74, 6) is 0.116. The summed E-state index contributed by atoms with van der Waals surface area (Å²) in [5.41, 5.74) is 3.47. The summed E-state index contributed by atoms with van der Waals surface area (Å²) in [6, 6.07) is 10.5. The molecule has 126 valence electrons. The van der Waals surface area contributed by atoms with Crippen molar-refractivity contribution in [3.8, 4) is 0 Å². The van der Waals surface area contributed by atoms with Gasteiger partial charge in [0.15, 0.2) is 5.78 Å². The Morgan fingerprint density at radius 1 is 1.00 bits per heavy atom. The number of amides is 1. The Morgan fingerprint density at radius 2 is 1.75 bits per heavy atom. The Labute approximate surface area is 155 Å². The lowest BCUT2D eigenvalue weighted by molar-refractivity contribution is -0.113. The lowest BCUT2D eigenvalue weighted by Gasteiger charge is -2.08. The van der Waals surface area contributed by atoms with E-state index in [2.05, 4.69) is 5.32 Å². The van der Waals surface area contributed by atoms with E-state index >= 15 is 0 Å². The van der Waals surface area contributed by atoms with Crippen molar-refractivity contribution in [2.45, 2.75) is 13.8 Å². The number of carbonyl (C=O) groups is 2.